The van der Waals surface area contributed by atoms with Gasteiger partial charge in [-0.15, -0.1) is 0 Å². The van der Waals surface area contributed by atoms with Crippen LogP contribution in [0.4, 0.5) is 0 Å². The summed E-state index contributed by atoms with van der Waals surface area (Å²) in [5, 5.41) is 0.851. The second-order valence-electron chi connectivity index (χ2n) is 8.82. The Morgan fingerprint density at radius 2 is 1.29 bits per heavy atom. The highest BCUT2D eigenvalue weighted by molar-refractivity contribution is 5.91. The van der Waals surface area contributed by atoms with Crippen molar-refractivity contribution in [2.75, 3.05) is 13.2 Å². The van der Waals surface area contributed by atoms with E-state index in [9.17, 15) is 9.59 Å². The summed E-state index contributed by atoms with van der Waals surface area (Å²) in [6.45, 7) is 3.90. The number of hydrogen-bond donors (Lipinski definition) is 0. The molecule has 2 aromatic carbocycles. The number of nitrogens with zero attached hydrogens (tertiary/aromatic N) is 3. The highest BCUT2D eigenvalue weighted by atomic mass is 16.6. The maximum atomic E-state index is 13.3. The van der Waals surface area contributed by atoms with Crippen LogP contribution in [0, 0.1) is 6.92 Å². The van der Waals surface area contributed by atoms with Gasteiger partial charge in [-0.1, -0.05) is 35.9 Å². The van der Waals surface area contributed by atoms with Crippen molar-refractivity contribution in [3.05, 3.63) is 110 Å². The number of ether oxygens (including phenoxy) is 2. The first-order valence-corrected chi connectivity index (χ1v) is 11.5. The summed E-state index contributed by atoms with van der Waals surface area (Å²) in [5.74, 6) is 1.40. The molecule has 0 aliphatic carbocycles. The zero-order valence-corrected chi connectivity index (χ0v) is 19.2. The molecule has 0 amide bonds. The molecule has 0 fully saturated rings. The summed E-state index contributed by atoms with van der Waals surface area (Å²) in [6, 6.07) is 19.1. The number of benzene rings is 2. The summed E-state index contributed by atoms with van der Waals surface area (Å²) in [4.78, 5) is 31.2. The Balaban J connectivity index is 1.39. The van der Waals surface area contributed by atoms with Crippen LogP contribution in [0.2, 0.25) is 0 Å². The Hall–Kier alpha value is -4.39. The minimum atomic E-state index is -0.194. The summed E-state index contributed by atoms with van der Waals surface area (Å²) < 4.78 is 14.5. The van der Waals surface area contributed by atoms with E-state index in [0.717, 1.165) is 11.1 Å². The van der Waals surface area contributed by atoms with Gasteiger partial charge in [0.05, 0.1) is 34.9 Å². The molecule has 0 N–H and O–H groups in total. The Morgan fingerprint density at radius 1 is 0.714 bits per heavy atom. The third-order valence-corrected chi connectivity index (χ3v) is 6.32. The van der Waals surface area contributed by atoms with Gasteiger partial charge in [-0.3, -0.25) is 9.59 Å². The van der Waals surface area contributed by atoms with Crippen molar-refractivity contribution in [2.24, 2.45) is 0 Å². The van der Waals surface area contributed by atoms with E-state index in [1.807, 2.05) is 61.5 Å². The molecule has 5 aromatic rings. The van der Waals surface area contributed by atoms with Crippen molar-refractivity contribution in [3.63, 3.8) is 0 Å². The van der Waals surface area contributed by atoms with Gasteiger partial charge in [-0.05, 0) is 48.4 Å². The SMILES string of the molecule is Cc1ccc(Cn2ccc3nc4ccn(Cc5ccc6c(c5)OCCO6)c(=O)c4cc3c2=O)cc1. The topological polar surface area (TPSA) is 75.3 Å². The van der Waals surface area contributed by atoms with Crippen LogP contribution in [0.15, 0.2) is 82.6 Å². The monoisotopic (exact) mass is 465 g/mol. The molecule has 35 heavy (non-hydrogen) atoms. The first kappa shape index (κ1) is 21.2. The van der Waals surface area contributed by atoms with Crippen LogP contribution in [0.1, 0.15) is 16.7 Å². The minimum absolute atomic E-state index is 0.167. The number of aromatic nitrogens is 3. The van der Waals surface area contributed by atoms with E-state index in [1.165, 1.54) is 5.56 Å². The van der Waals surface area contributed by atoms with Crippen LogP contribution in [-0.4, -0.2) is 27.3 Å². The molecule has 7 nitrogen and oxygen atoms in total. The van der Waals surface area contributed by atoms with E-state index in [4.69, 9.17) is 9.47 Å². The Bertz CT molecular complexity index is 1700. The zero-order valence-electron chi connectivity index (χ0n) is 19.2. The Morgan fingerprint density at radius 3 is 1.94 bits per heavy atom. The van der Waals surface area contributed by atoms with Crippen molar-refractivity contribution in [1.29, 1.82) is 0 Å². The van der Waals surface area contributed by atoms with Crippen LogP contribution >= 0.6 is 0 Å². The summed E-state index contributed by atoms with van der Waals surface area (Å²) in [7, 11) is 0. The van der Waals surface area contributed by atoms with E-state index in [0.29, 0.717) is 59.6 Å². The molecular weight excluding hydrogens is 442 g/mol. The quantitative estimate of drug-likeness (QED) is 0.377. The maximum absolute atomic E-state index is 13.3. The van der Waals surface area contributed by atoms with Crippen LogP contribution < -0.4 is 20.6 Å². The van der Waals surface area contributed by atoms with Crippen LogP contribution in [-0.2, 0) is 13.1 Å². The van der Waals surface area contributed by atoms with Crippen LogP contribution in [0.3, 0.4) is 0 Å². The van der Waals surface area contributed by atoms with Crippen molar-refractivity contribution in [2.45, 2.75) is 20.0 Å². The van der Waals surface area contributed by atoms with E-state index in [-0.39, 0.29) is 11.1 Å². The van der Waals surface area contributed by atoms with Gasteiger partial charge in [0.15, 0.2) is 11.5 Å². The second kappa shape index (κ2) is 8.43. The predicted octanol–water partition coefficient (Wildman–Crippen LogP) is 3.89. The van der Waals surface area contributed by atoms with Gasteiger partial charge in [0, 0.05) is 12.4 Å². The fourth-order valence-corrected chi connectivity index (χ4v) is 4.43. The maximum Gasteiger partial charge on any atom is 0.260 e. The van der Waals surface area contributed by atoms with E-state index >= 15 is 0 Å². The highest BCUT2D eigenvalue weighted by Crippen LogP contribution is 2.31. The summed E-state index contributed by atoms with van der Waals surface area (Å²) in [6.07, 6.45) is 3.49. The average Bonchev–Trinajstić information content (AvgIpc) is 2.88. The smallest absolute Gasteiger partial charge is 0.260 e. The molecule has 7 heteroatoms. The molecule has 4 heterocycles. The van der Waals surface area contributed by atoms with Gasteiger partial charge in [0.1, 0.15) is 13.2 Å². The molecule has 0 radical (unpaired) electrons. The molecular formula is C28H23N3O4. The first-order chi connectivity index (χ1) is 17.0. The molecule has 0 atom stereocenters. The fourth-order valence-electron chi connectivity index (χ4n) is 4.43. The number of pyridine rings is 3. The molecule has 0 bridgehead atoms. The lowest BCUT2D eigenvalue weighted by Crippen LogP contribution is -2.23. The average molecular weight is 466 g/mol. The molecule has 1 aliphatic heterocycles. The lowest BCUT2D eigenvalue weighted by atomic mass is 10.1. The van der Waals surface area contributed by atoms with Crippen molar-refractivity contribution >= 4 is 21.8 Å². The number of rotatable bonds is 4. The summed E-state index contributed by atoms with van der Waals surface area (Å²) in [5.41, 5.74) is 3.91. The molecule has 0 unspecified atom stereocenters. The van der Waals surface area contributed by atoms with Crippen molar-refractivity contribution in [1.82, 2.24) is 14.1 Å². The lowest BCUT2D eigenvalue weighted by Gasteiger charge is -2.19. The van der Waals surface area contributed by atoms with Gasteiger partial charge >= 0.3 is 0 Å². The molecule has 174 valence electrons. The van der Waals surface area contributed by atoms with E-state index < -0.39 is 0 Å². The van der Waals surface area contributed by atoms with Crippen molar-refractivity contribution in [3.8, 4) is 11.5 Å². The third kappa shape index (κ3) is 3.95. The second-order valence-corrected chi connectivity index (χ2v) is 8.82. The predicted molar refractivity (Wildman–Crippen MR) is 135 cm³/mol. The van der Waals surface area contributed by atoms with Gasteiger partial charge in [0.2, 0.25) is 0 Å². The van der Waals surface area contributed by atoms with Gasteiger partial charge in [-0.25, -0.2) is 4.98 Å². The first-order valence-electron chi connectivity index (χ1n) is 11.5. The molecule has 0 spiro atoms. The standard InChI is InChI=1S/C28H23N3O4/c1-18-2-4-19(5-3-18)16-30-10-8-23-21(27(30)32)15-22-24(29-23)9-11-31(28(22)33)17-20-6-7-25-26(14-20)35-13-12-34-25/h2-11,14-15H,12-13,16-17H2,1H3. The number of fused-ring (bicyclic) bond motifs is 3. The largest absolute Gasteiger partial charge is 0.486 e. The van der Waals surface area contributed by atoms with E-state index in [1.54, 1.807) is 27.6 Å². The highest BCUT2D eigenvalue weighted by Gasteiger charge is 2.14. The lowest BCUT2D eigenvalue weighted by molar-refractivity contribution is 0.171. The minimum Gasteiger partial charge on any atom is -0.486 e. The van der Waals surface area contributed by atoms with Crippen LogP contribution in [0.5, 0.6) is 11.5 Å². The Labute approximate surface area is 200 Å². The normalized spacial score (nSPS) is 12.8. The fraction of sp³-hybridized carbons (Fsp3) is 0.179. The third-order valence-electron chi connectivity index (χ3n) is 6.32. The molecule has 0 saturated heterocycles. The van der Waals surface area contributed by atoms with Crippen molar-refractivity contribution < 1.29 is 9.47 Å². The summed E-state index contributed by atoms with van der Waals surface area (Å²) >= 11 is 0. The van der Waals surface area contributed by atoms with E-state index in [2.05, 4.69) is 4.98 Å². The molecule has 6 rings (SSSR count). The number of hydrogen-bond acceptors (Lipinski definition) is 5. The molecule has 3 aromatic heterocycles. The molecule has 0 saturated carbocycles. The van der Waals surface area contributed by atoms with Crippen LogP contribution in [0.25, 0.3) is 21.8 Å². The number of aryl methyl sites for hydroxylation is 1. The van der Waals surface area contributed by atoms with Gasteiger partial charge in [-0.2, -0.15) is 0 Å². The zero-order chi connectivity index (χ0) is 23.9. The van der Waals surface area contributed by atoms with Gasteiger partial charge < -0.3 is 18.6 Å². The molecule has 1 aliphatic rings. The van der Waals surface area contributed by atoms with Gasteiger partial charge in [0.25, 0.3) is 11.1 Å². The Kier molecular flexibility index (Phi) is 5.10.